The number of carboxylic acids is 1. The topological polar surface area (TPSA) is 86.7 Å². The first-order chi connectivity index (χ1) is 16.4. The third-order valence-corrected chi connectivity index (χ3v) is 9.44. The number of nitrogens with zero attached hydrogens (tertiary/aromatic N) is 1. The van der Waals surface area contributed by atoms with Crippen LogP contribution in [-0.2, 0) is 20.8 Å². The predicted molar refractivity (Wildman–Crippen MR) is 137 cm³/mol. The molecule has 0 aromatic heterocycles. The summed E-state index contributed by atoms with van der Waals surface area (Å²) in [6.07, 6.45) is 0.167. The Morgan fingerprint density at radius 3 is 2.59 bits per heavy atom. The maximum Gasteiger partial charge on any atom is 0.353 e. The van der Waals surface area contributed by atoms with Crippen molar-refractivity contribution in [1.29, 1.82) is 0 Å². The fourth-order valence-electron chi connectivity index (χ4n) is 4.10. The molecule has 0 aliphatic carbocycles. The SMILES string of the molecule is O=C(Cc1ccccc1)N[C@@H]1C(=O)N2C(C(=O)O)=C(Sc3ccc4ccccc4c3Br)CS[C@H]12. The molecular weight excluding hydrogens is 536 g/mol. The molecule has 2 aliphatic heterocycles. The molecule has 172 valence electrons. The molecular formula is C25H19BrN2O4S2. The maximum absolute atomic E-state index is 12.9. The van der Waals surface area contributed by atoms with Crippen LogP contribution in [0.5, 0.6) is 0 Å². The van der Waals surface area contributed by atoms with Crippen LogP contribution >= 0.6 is 39.5 Å². The zero-order valence-corrected chi connectivity index (χ0v) is 21.0. The Labute approximate surface area is 212 Å². The summed E-state index contributed by atoms with van der Waals surface area (Å²) in [6, 6.07) is 20.4. The van der Waals surface area contributed by atoms with Gasteiger partial charge in [0.25, 0.3) is 5.91 Å². The minimum atomic E-state index is -1.15. The highest BCUT2D eigenvalue weighted by atomic mass is 79.9. The monoisotopic (exact) mass is 554 g/mol. The summed E-state index contributed by atoms with van der Waals surface area (Å²) in [6.45, 7) is 0. The highest BCUT2D eigenvalue weighted by Gasteiger charge is 2.54. The van der Waals surface area contributed by atoms with Crippen molar-refractivity contribution >= 4 is 68.0 Å². The molecule has 3 aromatic rings. The number of aliphatic carboxylic acids is 1. The molecule has 0 radical (unpaired) electrons. The van der Waals surface area contributed by atoms with Crippen LogP contribution in [0.3, 0.4) is 0 Å². The third kappa shape index (κ3) is 4.23. The van der Waals surface area contributed by atoms with E-state index in [9.17, 15) is 19.5 Å². The van der Waals surface area contributed by atoms with E-state index in [0.717, 1.165) is 25.7 Å². The minimum absolute atomic E-state index is 0.00707. The number of carboxylic acid groups (broad SMARTS) is 1. The smallest absolute Gasteiger partial charge is 0.353 e. The van der Waals surface area contributed by atoms with Gasteiger partial charge in [0.15, 0.2) is 0 Å². The number of hydrogen-bond acceptors (Lipinski definition) is 5. The van der Waals surface area contributed by atoms with E-state index in [-0.39, 0.29) is 18.0 Å². The van der Waals surface area contributed by atoms with Crippen molar-refractivity contribution in [2.45, 2.75) is 22.7 Å². The van der Waals surface area contributed by atoms with Crippen molar-refractivity contribution in [2.75, 3.05) is 5.75 Å². The zero-order valence-electron chi connectivity index (χ0n) is 17.7. The van der Waals surface area contributed by atoms with Crippen LogP contribution in [0.1, 0.15) is 5.56 Å². The van der Waals surface area contributed by atoms with Gasteiger partial charge in [-0.3, -0.25) is 14.5 Å². The van der Waals surface area contributed by atoms with Gasteiger partial charge in [0, 0.05) is 20.0 Å². The van der Waals surface area contributed by atoms with Gasteiger partial charge in [-0.25, -0.2) is 4.79 Å². The summed E-state index contributed by atoms with van der Waals surface area (Å²) in [7, 11) is 0. The van der Waals surface area contributed by atoms with E-state index in [1.807, 2.05) is 66.7 Å². The Morgan fingerprint density at radius 2 is 1.82 bits per heavy atom. The lowest BCUT2D eigenvalue weighted by molar-refractivity contribution is -0.150. The van der Waals surface area contributed by atoms with Crippen LogP contribution in [0.4, 0.5) is 0 Å². The molecule has 2 N–H and O–H groups in total. The molecule has 2 amide bonds. The van der Waals surface area contributed by atoms with Crippen LogP contribution in [0.25, 0.3) is 10.8 Å². The van der Waals surface area contributed by atoms with E-state index in [1.165, 1.54) is 28.4 Å². The molecule has 5 rings (SSSR count). The number of fused-ring (bicyclic) bond motifs is 2. The summed E-state index contributed by atoms with van der Waals surface area (Å²) in [4.78, 5) is 40.4. The van der Waals surface area contributed by atoms with E-state index in [4.69, 9.17) is 0 Å². The number of halogens is 1. The number of β-lactam (4-membered cyclic amide) rings is 1. The number of hydrogen-bond donors (Lipinski definition) is 2. The van der Waals surface area contributed by atoms with Crippen LogP contribution in [0.15, 0.2) is 86.7 Å². The molecule has 0 unspecified atom stereocenters. The highest BCUT2D eigenvalue weighted by Crippen LogP contribution is 2.47. The Morgan fingerprint density at radius 1 is 1.09 bits per heavy atom. The second-order valence-corrected chi connectivity index (χ2v) is 10.9. The van der Waals surface area contributed by atoms with E-state index in [1.54, 1.807) is 0 Å². The summed E-state index contributed by atoms with van der Waals surface area (Å²) >= 11 is 6.47. The molecule has 0 bridgehead atoms. The molecule has 2 heterocycles. The summed E-state index contributed by atoms with van der Waals surface area (Å²) in [5.74, 6) is -1.37. The Balaban J connectivity index is 1.36. The first-order valence-electron chi connectivity index (χ1n) is 10.5. The standard InChI is InChI=1S/C25H19BrN2O4S2/c26-20-16-9-5-4-8-15(16)10-11-17(20)34-18-13-33-24-21(23(30)28(24)22(18)25(31)32)27-19(29)12-14-6-2-1-3-7-14/h1-11,21,24H,12-13H2,(H,27,29)(H,31,32)/t21-,24-/m1/s1. The van der Waals surface area contributed by atoms with Crippen LogP contribution in [0, 0.1) is 0 Å². The maximum atomic E-state index is 12.9. The molecule has 0 spiro atoms. The van der Waals surface area contributed by atoms with Gasteiger partial charge in [0.1, 0.15) is 17.1 Å². The number of rotatable bonds is 6. The predicted octanol–water partition coefficient (Wildman–Crippen LogP) is 4.63. The lowest BCUT2D eigenvalue weighted by Gasteiger charge is -2.49. The normalized spacial score (nSPS) is 19.6. The second kappa shape index (κ2) is 9.48. The largest absolute Gasteiger partial charge is 0.477 e. The fraction of sp³-hybridized carbons (Fsp3) is 0.160. The minimum Gasteiger partial charge on any atom is -0.477 e. The van der Waals surface area contributed by atoms with Gasteiger partial charge >= 0.3 is 5.97 Å². The number of amides is 2. The van der Waals surface area contributed by atoms with Crippen molar-refractivity contribution in [3.63, 3.8) is 0 Å². The lowest BCUT2D eigenvalue weighted by Crippen LogP contribution is -2.70. The van der Waals surface area contributed by atoms with Gasteiger partial charge in [-0.15, -0.1) is 11.8 Å². The number of carbonyl (C=O) groups excluding carboxylic acids is 2. The van der Waals surface area contributed by atoms with Crippen molar-refractivity contribution in [3.8, 4) is 0 Å². The summed E-state index contributed by atoms with van der Waals surface area (Å²) < 4.78 is 0.890. The number of nitrogens with one attached hydrogen (secondary N) is 1. The molecule has 6 nitrogen and oxygen atoms in total. The number of benzene rings is 3. The van der Waals surface area contributed by atoms with Crippen molar-refractivity contribution in [3.05, 3.63) is 87.4 Å². The first-order valence-corrected chi connectivity index (χ1v) is 13.2. The third-order valence-electron chi connectivity index (χ3n) is 5.72. The highest BCUT2D eigenvalue weighted by molar-refractivity contribution is 9.10. The van der Waals surface area contributed by atoms with Gasteiger partial charge in [0.2, 0.25) is 5.91 Å². The molecule has 3 aromatic carbocycles. The van der Waals surface area contributed by atoms with E-state index in [0.29, 0.717) is 10.7 Å². The summed E-state index contributed by atoms with van der Waals surface area (Å²) in [5.41, 5.74) is 0.845. The first kappa shape index (κ1) is 23.0. The van der Waals surface area contributed by atoms with Crippen LogP contribution < -0.4 is 5.32 Å². The van der Waals surface area contributed by atoms with Gasteiger partial charge in [-0.2, -0.15) is 0 Å². The van der Waals surface area contributed by atoms with Gasteiger partial charge in [-0.05, 0) is 38.3 Å². The van der Waals surface area contributed by atoms with Crippen LogP contribution in [-0.4, -0.2) is 45.0 Å². The van der Waals surface area contributed by atoms with Crippen LogP contribution in [0.2, 0.25) is 0 Å². The van der Waals surface area contributed by atoms with E-state index < -0.39 is 23.3 Å². The molecule has 9 heteroatoms. The summed E-state index contributed by atoms with van der Waals surface area (Å²) in [5, 5.41) is 14.4. The number of carbonyl (C=O) groups is 3. The zero-order chi connectivity index (χ0) is 23.8. The lowest BCUT2D eigenvalue weighted by atomic mass is 10.0. The Kier molecular flexibility index (Phi) is 6.42. The van der Waals surface area contributed by atoms with Crippen molar-refractivity contribution in [1.82, 2.24) is 10.2 Å². The van der Waals surface area contributed by atoms with Crippen molar-refractivity contribution in [2.24, 2.45) is 0 Å². The van der Waals surface area contributed by atoms with E-state index >= 15 is 0 Å². The van der Waals surface area contributed by atoms with Gasteiger partial charge in [-0.1, -0.05) is 72.4 Å². The molecule has 2 atom stereocenters. The molecule has 34 heavy (non-hydrogen) atoms. The Bertz CT molecular complexity index is 1350. The van der Waals surface area contributed by atoms with E-state index in [2.05, 4.69) is 21.2 Å². The average molecular weight is 555 g/mol. The quantitative estimate of drug-likeness (QED) is 0.432. The Hall–Kier alpha value is -2.75. The molecule has 1 fully saturated rings. The second-order valence-electron chi connectivity index (χ2n) is 7.90. The molecule has 1 saturated heterocycles. The molecule has 2 aliphatic rings. The van der Waals surface area contributed by atoms with Crippen molar-refractivity contribution < 1.29 is 19.5 Å². The van der Waals surface area contributed by atoms with Gasteiger partial charge < -0.3 is 10.4 Å². The van der Waals surface area contributed by atoms with Gasteiger partial charge in [0.05, 0.1) is 6.42 Å². The fourth-order valence-corrected chi connectivity index (χ4v) is 7.35. The number of thioether (sulfide) groups is 2. The average Bonchev–Trinajstić information content (AvgIpc) is 2.84. The molecule has 0 saturated carbocycles.